The lowest BCUT2D eigenvalue weighted by Gasteiger charge is -2.35. The molecule has 0 aliphatic carbocycles. The van der Waals surface area contributed by atoms with Crippen LogP contribution in [0.25, 0.3) is 0 Å². The molecule has 2 aliphatic heterocycles. The summed E-state index contributed by atoms with van der Waals surface area (Å²) in [5.74, 6) is 0.610. The highest BCUT2D eigenvalue weighted by molar-refractivity contribution is 7.55. The third-order valence-corrected chi connectivity index (χ3v) is 5.29. The molecule has 2 heterocycles. The summed E-state index contributed by atoms with van der Waals surface area (Å²) in [5.41, 5.74) is 3.52. The summed E-state index contributed by atoms with van der Waals surface area (Å²) < 4.78 is 8.49. The van der Waals surface area contributed by atoms with Crippen molar-refractivity contribution in [3.05, 3.63) is 29.8 Å². The minimum Gasteiger partial charge on any atom is -0.338 e. The average Bonchev–Trinajstić information content (AvgIpc) is 2.54. The summed E-state index contributed by atoms with van der Waals surface area (Å²) in [6, 6.07) is 8.76. The Morgan fingerprint density at radius 3 is 3.00 bits per heavy atom. The average molecular weight is 221 g/mol. The number of fused-ring (bicyclic) bond motifs is 5. The first-order valence-electron chi connectivity index (χ1n) is 5.56. The Labute approximate surface area is 92.1 Å². The minimum atomic E-state index is -0.406. The molecule has 0 amide bonds. The van der Waals surface area contributed by atoms with Crippen LogP contribution in [-0.4, -0.2) is 18.8 Å². The van der Waals surface area contributed by atoms with Crippen molar-refractivity contribution in [1.29, 1.82) is 0 Å². The second-order valence-corrected chi connectivity index (χ2v) is 6.91. The van der Waals surface area contributed by atoms with Crippen LogP contribution < -0.4 is 4.67 Å². The molecule has 2 aliphatic rings. The summed E-state index contributed by atoms with van der Waals surface area (Å²) >= 11 is 0. The SMILES string of the molecule is CC(C)P1OC[C@H]2CN1c1ccccc12. The third-order valence-electron chi connectivity index (χ3n) is 3.14. The van der Waals surface area contributed by atoms with Crippen molar-refractivity contribution in [2.24, 2.45) is 0 Å². The van der Waals surface area contributed by atoms with Crippen LogP contribution in [0.2, 0.25) is 0 Å². The molecule has 1 saturated heterocycles. The zero-order valence-electron chi connectivity index (χ0n) is 9.18. The normalized spacial score (nSPS) is 28.3. The lowest BCUT2D eigenvalue weighted by atomic mass is 10.0. The van der Waals surface area contributed by atoms with E-state index >= 15 is 0 Å². The highest BCUT2D eigenvalue weighted by Crippen LogP contribution is 2.58. The van der Waals surface area contributed by atoms with Crippen LogP contribution in [0.15, 0.2) is 24.3 Å². The number of hydrogen-bond acceptors (Lipinski definition) is 2. The Morgan fingerprint density at radius 2 is 2.20 bits per heavy atom. The Balaban J connectivity index is 2.02. The first kappa shape index (κ1) is 9.62. The molecule has 80 valence electrons. The van der Waals surface area contributed by atoms with Gasteiger partial charge < -0.3 is 9.19 Å². The van der Waals surface area contributed by atoms with Crippen molar-refractivity contribution < 1.29 is 4.52 Å². The third kappa shape index (κ3) is 1.39. The molecule has 0 aromatic heterocycles. The Morgan fingerprint density at radius 1 is 1.40 bits per heavy atom. The molecule has 0 saturated carbocycles. The maximum Gasteiger partial charge on any atom is 0.135 e. The van der Waals surface area contributed by atoms with Gasteiger partial charge in [-0.3, -0.25) is 0 Å². The second kappa shape index (κ2) is 3.47. The molecule has 1 aromatic rings. The lowest BCUT2D eigenvalue weighted by molar-refractivity contribution is 0.304. The van der Waals surface area contributed by atoms with Gasteiger partial charge in [-0.2, -0.15) is 0 Å². The van der Waals surface area contributed by atoms with E-state index in [-0.39, 0.29) is 0 Å². The number of anilines is 1. The number of benzene rings is 1. The van der Waals surface area contributed by atoms with Crippen molar-refractivity contribution in [1.82, 2.24) is 0 Å². The maximum atomic E-state index is 6.00. The molecule has 3 rings (SSSR count). The molecule has 2 bridgehead atoms. The summed E-state index contributed by atoms with van der Waals surface area (Å²) in [7, 11) is -0.406. The number of hydrogen-bond donors (Lipinski definition) is 0. The van der Waals surface area contributed by atoms with E-state index in [1.807, 2.05) is 0 Å². The zero-order chi connectivity index (χ0) is 10.4. The Kier molecular flexibility index (Phi) is 2.22. The van der Waals surface area contributed by atoms with Crippen LogP contribution in [0, 0.1) is 0 Å². The van der Waals surface area contributed by atoms with Crippen molar-refractivity contribution in [3.63, 3.8) is 0 Å². The van der Waals surface area contributed by atoms with E-state index < -0.39 is 8.30 Å². The predicted octanol–water partition coefficient (Wildman–Crippen LogP) is 3.34. The van der Waals surface area contributed by atoms with Crippen molar-refractivity contribution in [2.75, 3.05) is 17.8 Å². The summed E-state index contributed by atoms with van der Waals surface area (Å²) in [5, 5.41) is 0. The van der Waals surface area contributed by atoms with E-state index in [2.05, 4.69) is 42.8 Å². The van der Waals surface area contributed by atoms with Gasteiger partial charge in [0.15, 0.2) is 0 Å². The summed E-state index contributed by atoms with van der Waals surface area (Å²) in [6.07, 6.45) is 0. The summed E-state index contributed by atoms with van der Waals surface area (Å²) in [4.78, 5) is 0. The Hall–Kier alpha value is -0.590. The van der Waals surface area contributed by atoms with Crippen LogP contribution >= 0.6 is 8.30 Å². The van der Waals surface area contributed by atoms with Crippen LogP contribution in [-0.2, 0) is 4.52 Å². The van der Waals surface area contributed by atoms with Gasteiger partial charge in [-0.25, -0.2) is 0 Å². The molecule has 0 radical (unpaired) electrons. The van der Waals surface area contributed by atoms with Crippen LogP contribution in [0.4, 0.5) is 5.69 Å². The molecule has 3 heteroatoms. The van der Waals surface area contributed by atoms with Gasteiger partial charge in [0.1, 0.15) is 8.30 Å². The van der Waals surface area contributed by atoms with E-state index in [1.165, 1.54) is 17.8 Å². The molecular formula is C12H16NOP. The maximum absolute atomic E-state index is 6.00. The molecule has 2 atom stereocenters. The molecule has 15 heavy (non-hydrogen) atoms. The molecule has 1 fully saturated rings. The van der Waals surface area contributed by atoms with Gasteiger partial charge in [-0.15, -0.1) is 0 Å². The van der Waals surface area contributed by atoms with Crippen LogP contribution in [0.3, 0.4) is 0 Å². The predicted molar refractivity (Wildman–Crippen MR) is 64.5 cm³/mol. The van der Waals surface area contributed by atoms with Gasteiger partial charge in [-0.05, 0) is 11.6 Å². The zero-order valence-corrected chi connectivity index (χ0v) is 10.1. The number of rotatable bonds is 1. The quantitative estimate of drug-likeness (QED) is 0.674. The van der Waals surface area contributed by atoms with Crippen LogP contribution in [0.5, 0.6) is 0 Å². The molecule has 0 spiro atoms. The fraction of sp³-hybridized carbons (Fsp3) is 0.500. The van der Waals surface area contributed by atoms with E-state index in [0.29, 0.717) is 11.6 Å². The fourth-order valence-corrected chi connectivity index (χ4v) is 4.55. The monoisotopic (exact) mass is 221 g/mol. The van der Waals surface area contributed by atoms with Gasteiger partial charge in [0.2, 0.25) is 0 Å². The summed E-state index contributed by atoms with van der Waals surface area (Å²) in [6.45, 7) is 6.60. The lowest BCUT2D eigenvalue weighted by Crippen LogP contribution is -2.27. The molecular weight excluding hydrogens is 205 g/mol. The van der Waals surface area contributed by atoms with Crippen molar-refractivity contribution in [3.8, 4) is 0 Å². The molecule has 1 unspecified atom stereocenters. The largest absolute Gasteiger partial charge is 0.338 e. The Bertz CT molecular complexity index is 380. The van der Waals surface area contributed by atoms with Gasteiger partial charge in [0, 0.05) is 23.8 Å². The first-order valence-corrected chi connectivity index (χ1v) is 6.84. The van der Waals surface area contributed by atoms with Crippen molar-refractivity contribution >= 4 is 14.0 Å². The minimum absolute atomic E-state index is 0.406. The molecule has 1 aromatic carbocycles. The van der Waals surface area contributed by atoms with Crippen molar-refractivity contribution in [2.45, 2.75) is 25.4 Å². The van der Waals surface area contributed by atoms with Gasteiger partial charge >= 0.3 is 0 Å². The topological polar surface area (TPSA) is 12.5 Å². The van der Waals surface area contributed by atoms with Gasteiger partial charge in [0.25, 0.3) is 0 Å². The number of para-hydroxylation sites is 1. The van der Waals surface area contributed by atoms with E-state index in [9.17, 15) is 0 Å². The molecule has 2 nitrogen and oxygen atoms in total. The first-order chi connectivity index (χ1) is 7.27. The van der Waals surface area contributed by atoms with E-state index in [0.717, 1.165) is 6.61 Å². The second-order valence-electron chi connectivity index (χ2n) is 4.53. The smallest absolute Gasteiger partial charge is 0.135 e. The van der Waals surface area contributed by atoms with E-state index in [4.69, 9.17) is 4.52 Å². The van der Waals surface area contributed by atoms with Crippen LogP contribution in [0.1, 0.15) is 25.3 Å². The highest BCUT2D eigenvalue weighted by Gasteiger charge is 2.39. The highest BCUT2D eigenvalue weighted by atomic mass is 31.2. The molecule has 0 N–H and O–H groups in total. The fourth-order valence-electron chi connectivity index (χ4n) is 2.47. The van der Waals surface area contributed by atoms with E-state index in [1.54, 1.807) is 0 Å². The standard InChI is InChI=1S/C12H16NOP/c1-9(2)15-13-7-10(8-14-15)11-5-3-4-6-12(11)13/h3-6,9-10H,7-8H2,1-2H3/t10-,15?/m1/s1. The van der Waals surface area contributed by atoms with Gasteiger partial charge in [0.05, 0.1) is 6.61 Å². The van der Waals surface area contributed by atoms with Gasteiger partial charge in [-0.1, -0.05) is 32.0 Å². The number of nitrogens with zero attached hydrogens (tertiary/aromatic N) is 1.